The monoisotopic (exact) mass is 858 g/mol. The van der Waals surface area contributed by atoms with E-state index in [1.165, 1.54) is 60.8 Å². The molecular weight excluding hydrogens is 816 g/mol. The Morgan fingerprint density at radius 3 is 0.569 bits per heavy atom. The Kier molecular flexibility index (Phi) is 12.3. The van der Waals surface area contributed by atoms with E-state index in [1.807, 2.05) is 0 Å². The van der Waals surface area contributed by atoms with Crippen molar-refractivity contribution in [1.82, 2.24) is 0 Å². The molecule has 0 unspecified atom stereocenters. The van der Waals surface area contributed by atoms with Crippen LogP contribution in [0.1, 0.15) is 0 Å². The SMILES string of the molecule is c1ccc(P(c2ccccc2)c2ccccc2[As](c2ccccc2P(c2ccccc2)c2ccccc2)c2ccccc2P(c2ccccc2)c2ccccc2)cc1. The Labute approximate surface area is 351 Å². The van der Waals surface area contributed by atoms with Gasteiger partial charge in [-0.3, -0.25) is 0 Å². The van der Waals surface area contributed by atoms with Crippen LogP contribution in [0.15, 0.2) is 255 Å². The van der Waals surface area contributed by atoms with Crippen LogP contribution in [0.25, 0.3) is 0 Å². The van der Waals surface area contributed by atoms with Gasteiger partial charge in [-0.05, 0) is 0 Å². The van der Waals surface area contributed by atoms with Crippen LogP contribution in [0, 0.1) is 0 Å². The van der Waals surface area contributed by atoms with E-state index in [2.05, 4.69) is 255 Å². The molecule has 0 nitrogen and oxygen atoms in total. The van der Waals surface area contributed by atoms with Crippen LogP contribution >= 0.6 is 23.8 Å². The van der Waals surface area contributed by atoms with Gasteiger partial charge in [0.2, 0.25) is 0 Å². The molecule has 0 heterocycles. The van der Waals surface area contributed by atoms with Crippen molar-refractivity contribution in [3.63, 3.8) is 0 Å². The number of benzene rings is 9. The third-order valence-electron chi connectivity index (χ3n) is 10.2. The quantitative estimate of drug-likeness (QED) is 0.0885. The first-order valence-electron chi connectivity index (χ1n) is 19.6. The van der Waals surface area contributed by atoms with Crippen molar-refractivity contribution in [1.29, 1.82) is 0 Å². The van der Waals surface area contributed by atoms with Gasteiger partial charge in [0, 0.05) is 0 Å². The summed E-state index contributed by atoms with van der Waals surface area (Å²) >= 11 is -2.40. The third-order valence-corrected chi connectivity index (χ3v) is 24.3. The minimum atomic E-state index is -2.40. The van der Waals surface area contributed by atoms with Crippen molar-refractivity contribution >= 4 is 99.2 Å². The van der Waals surface area contributed by atoms with E-state index in [0.717, 1.165) is 0 Å². The first-order valence-corrected chi connectivity index (χ1v) is 26.5. The van der Waals surface area contributed by atoms with E-state index < -0.39 is 38.4 Å². The zero-order valence-electron chi connectivity index (χ0n) is 32.0. The minimum absolute atomic E-state index is 0.858. The fourth-order valence-electron chi connectivity index (χ4n) is 7.66. The first-order chi connectivity index (χ1) is 28.8. The summed E-state index contributed by atoms with van der Waals surface area (Å²) in [5.74, 6) is 0. The second-order valence-electron chi connectivity index (χ2n) is 13.8. The molecule has 0 amide bonds. The van der Waals surface area contributed by atoms with E-state index in [0.29, 0.717) is 0 Å². The second-order valence-corrected chi connectivity index (χ2v) is 24.8. The third kappa shape index (κ3) is 8.23. The average Bonchev–Trinajstić information content (AvgIpc) is 3.30. The molecule has 0 aliphatic heterocycles. The molecule has 9 rings (SSSR count). The molecule has 0 spiro atoms. The molecule has 0 fully saturated rings. The molecule has 278 valence electrons. The maximum absolute atomic E-state index is 2.49. The van der Waals surface area contributed by atoms with E-state index in [9.17, 15) is 0 Å². The van der Waals surface area contributed by atoms with Crippen molar-refractivity contribution < 1.29 is 0 Å². The standard InChI is InChI=1S/C54H42AsP3/c1-7-25-43(26-8-1)56(44-27-9-2-10-28-44)52-40-22-19-37-49(52)55(50-38-20-23-41-53(50)57(45-29-11-3-12-30-45)46-31-13-4-14-32-46)51-39-21-24-42-54(51)58(47-33-15-5-16-34-47)48-35-17-6-18-36-48/h1-42H. The molecule has 0 aliphatic carbocycles. The van der Waals surface area contributed by atoms with Crippen LogP contribution in [0.5, 0.6) is 0 Å². The van der Waals surface area contributed by atoms with Crippen molar-refractivity contribution in [3.05, 3.63) is 255 Å². The van der Waals surface area contributed by atoms with Gasteiger partial charge in [-0.2, -0.15) is 0 Å². The Bertz CT molecular complexity index is 2260. The van der Waals surface area contributed by atoms with Gasteiger partial charge >= 0.3 is 354 Å². The van der Waals surface area contributed by atoms with Crippen LogP contribution in [0.4, 0.5) is 0 Å². The van der Waals surface area contributed by atoms with Crippen LogP contribution in [-0.4, -0.2) is 14.7 Å². The molecule has 0 radical (unpaired) electrons. The van der Waals surface area contributed by atoms with Crippen LogP contribution < -0.4 is 60.8 Å². The average molecular weight is 859 g/mol. The summed E-state index contributed by atoms with van der Waals surface area (Å²) in [4.78, 5) is 0. The zero-order valence-corrected chi connectivity index (χ0v) is 36.6. The molecular formula is C54H42AsP3. The van der Waals surface area contributed by atoms with Crippen molar-refractivity contribution in [2.45, 2.75) is 0 Å². The van der Waals surface area contributed by atoms with E-state index >= 15 is 0 Å². The van der Waals surface area contributed by atoms with Gasteiger partial charge in [0.15, 0.2) is 0 Å². The summed E-state index contributed by atoms with van der Waals surface area (Å²) in [5, 5.41) is 12.6. The van der Waals surface area contributed by atoms with Crippen molar-refractivity contribution in [2.75, 3.05) is 0 Å². The molecule has 0 atom stereocenters. The molecule has 0 bridgehead atoms. The summed E-state index contributed by atoms with van der Waals surface area (Å²) in [6.45, 7) is 0. The maximum atomic E-state index is 2.49. The van der Waals surface area contributed by atoms with Gasteiger partial charge in [-0.25, -0.2) is 0 Å². The van der Waals surface area contributed by atoms with Crippen LogP contribution in [0.2, 0.25) is 0 Å². The summed E-state index contributed by atoms with van der Waals surface area (Å²) in [6, 6.07) is 95.9. The van der Waals surface area contributed by atoms with Gasteiger partial charge in [0.25, 0.3) is 0 Å². The number of rotatable bonds is 12. The Hall–Kier alpha value is -5.17. The van der Waals surface area contributed by atoms with Crippen LogP contribution in [-0.2, 0) is 0 Å². The Balaban J connectivity index is 1.36. The van der Waals surface area contributed by atoms with Crippen molar-refractivity contribution in [3.8, 4) is 0 Å². The molecule has 0 saturated heterocycles. The van der Waals surface area contributed by atoms with Gasteiger partial charge in [0.1, 0.15) is 0 Å². The van der Waals surface area contributed by atoms with Gasteiger partial charge in [-0.15, -0.1) is 0 Å². The predicted octanol–water partition coefficient (Wildman–Crippen LogP) is 7.48. The number of hydrogen-bond acceptors (Lipinski definition) is 0. The summed E-state index contributed by atoms with van der Waals surface area (Å²) in [6.07, 6.45) is 0. The van der Waals surface area contributed by atoms with Gasteiger partial charge in [-0.1, -0.05) is 0 Å². The molecule has 4 heteroatoms. The van der Waals surface area contributed by atoms with Gasteiger partial charge in [0.05, 0.1) is 0 Å². The molecule has 9 aromatic rings. The Morgan fingerprint density at radius 1 is 0.190 bits per heavy atom. The predicted molar refractivity (Wildman–Crippen MR) is 260 cm³/mol. The molecule has 0 saturated carbocycles. The number of hydrogen-bond donors (Lipinski definition) is 0. The normalized spacial score (nSPS) is 11.4. The summed E-state index contributed by atoms with van der Waals surface area (Å²) < 4.78 is 4.50. The van der Waals surface area contributed by atoms with Gasteiger partial charge < -0.3 is 0 Å². The molecule has 0 N–H and O–H groups in total. The first kappa shape index (κ1) is 38.4. The Morgan fingerprint density at radius 2 is 0.362 bits per heavy atom. The fraction of sp³-hybridized carbons (Fsp3) is 0. The zero-order chi connectivity index (χ0) is 38.9. The van der Waals surface area contributed by atoms with E-state index in [1.54, 1.807) is 0 Å². The van der Waals surface area contributed by atoms with E-state index in [4.69, 9.17) is 0 Å². The molecule has 58 heavy (non-hydrogen) atoms. The molecule has 0 aliphatic rings. The summed E-state index contributed by atoms with van der Waals surface area (Å²) in [7, 11) is -2.57. The van der Waals surface area contributed by atoms with Crippen molar-refractivity contribution in [2.24, 2.45) is 0 Å². The van der Waals surface area contributed by atoms with Crippen LogP contribution in [0.3, 0.4) is 0 Å². The fourth-order valence-corrected chi connectivity index (χ4v) is 23.1. The molecule has 0 aromatic heterocycles. The summed E-state index contributed by atoms with van der Waals surface area (Å²) in [5.41, 5.74) is 0. The van der Waals surface area contributed by atoms with E-state index in [-0.39, 0.29) is 0 Å². The molecule has 9 aromatic carbocycles. The topological polar surface area (TPSA) is 0 Å². The second kappa shape index (κ2) is 18.6.